The van der Waals surface area contributed by atoms with Gasteiger partial charge in [0.1, 0.15) is 25.4 Å². The molecule has 122 valence electrons. The molecule has 2 atom stereocenters. The van der Waals surface area contributed by atoms with Crippen molar-refractivity contribution in [1.29, 1.82) is 0 Å². The van der Waals surface area contributed by atoms with E-state index < -0.39 is 17.9 Å². The number of carboxylic acid groups (broad SMARTS) is 1. The Balaban J connectivity index is 1.72. The number of esters is 2. The fourth-order valence-corrected chi connectivity index (χ4v) is 1.85. The van der Waals surface area contributed by atoms with E-state index in [2.05, 4.69) is 0 Å². The smallest absolute Gasteiger partial charge is 0.339 e. The molecule has 2 unspecified atom stereocenters. The van der Waals surface area contributed by atoms with E-state index in [1.807, 2.05) is 0 Å². The van der Waals surface area contributed by atoms with Gasteiger partial charge in [-0.25, -0.2) is 14.4 Å². The van der Waals surface area contributed by atoms with Crippen LogP contribution in [0.4, 0.5) is 0 Å². The number of hydrogen-bond acceptors (Lipinski definition) is 7. The Morgan fingerprint density at radius 2 is 1.57 bits per heavy atom. The third kappa shape index (κ3) is 4.05. The fourth-order valence-electron chi connectivity index (χ4n) is 1.85. The molecule has 0 spiro atoms. The fraction of sp³-hybridized carbons (Fsp3) is 0.400. The Labute approximate surface area is 130 Å². The molecule has 23 heavy (non-hydrogen) atoms. The molecule has 0 amide bonds. The van der Waals surface area contributed by atoms with Crippen LogP contribution in [0.3, 0.4) is 0 Å². The van der Waals surface area contributed by atoms with E-state index in [1.165, 1.54) is 12.1 Å². The van der Waals surface area contributed by atoms with Crippen molar-refractivity contribution in [3.05, 3.63) is 34.9 Å². The van der Waals surface area contributed by atoms with Gasteiger partial charge in [-0.3, -0.25) is 0 Å². The third-order valence-electron chi connectivity index (χ3n) is 3.31. The number of rotatable bonds is 7. The van der Waals surface area contributed by atoms with E-state index in [0.717, 1.165) is 6.07 Å². The molecule has 0 bridgehead atoms. The lowest BCUT2D eigenvalue weighted by atomic mass is 10.0. The van der Waals surface area contributed by atoms with Crippen LogP contribution in [0.1, 0.15) is 31.1 Å². The highest BCUT2D eigenvalue weighted by Crippen LogP contribution is 2.17. The highest BCUT2D eigenvalue weighted by Gasteiger charge is 2.27. The lowest BCUT2D eigenvalue weighted by Gasteiger charge is -2.08. The summed E-state index contributed by atoms with van der Waals surface area (Å²) in [5, 5.41) is 9.23. The second-order valence-corrected chi connectivity index (χ2v) is 5.17. The molecule has 8 nitrogen and oxygen atoms in total. The molecule has 2 aliphatic rings. The first-order chi connectivity index (χ1) is 11.0. The summed E-state index contributed by atoms with van der Waals surface area (Å²) < 4.78 is 19.8. The monoisotopic (exact) mass is 322 g/mol. The molecule has 3 rings (SSSR count). The van der Waals surface area contributed by atoms with Crippen molar-refractivity contribution in [3.8, 4) is 0 Å². The van der Waals surface area contributed by atoms with Gasteiger partial charge in [0.25, 0.3) is 0 Å². The summed E-state index contributed by atoms with van der Waals surface area (Å²) in [7, 11) is 0. The molecular formula is C15H14O8. The minimum atomic E-state index is -1.33. The largest absolute Gasteiger partial charge is 0.478 e. The van der Waals surface area contributed by atoms with Crippen LogP contribution in [0.15, 0.2) is 18.2 Å². The Bertz CT molecular complexity index is 645. The van der Waals surface area contributed by atoms with Crippen LogP contribution >= 0.6 is 0 Å². The molecule has 1 aromatic carbocycles. The molecule has 2 heterocycles. The van der Waals surface area contributed by atoms with E-state index in [4.69, 9.17) is 18.9 Å². The summed E-state index contributed by atoms with van der Waals surface area (Å²) in [6.45, 7) is 1.26. The second-order valence-electron chi connectivity index (χ2n) is 5.17. The summed E-state index contributed by atoms with van der Waals surface area (Å²) in [4.78, 5) is 35.1. The van der Waals surface area contributed by atoms with Crippen LogP contribution < -0.4 is 0 Å². The molecule has 0 radical (unpaired) electrons. The lowest BCUT2D eigenvalue weighted by molar-refractivity contribution is 0.0458. The minimum Gasteiger partial charge on any atom is -0.478 e. The number of benzene rings is 1. The molecule has 1 N–H and O–H groups in total. The topological polar surface area (TPSA) is 115 Å². The van der Waals surface area contributed by atoms with Crippen LogP contribution in [0.5, 0.6) is 0 Å². The summed E-state index contributed by atoms with van der Waals surface area (Å²) >= 11 is 0. The number of epoxide rings is 2. The van der Waals surface area contributed by atoms with Crippen molar-refractivity contribution in [2.24, 2.45) is 0 Å². The van der Waals surface area contributed by atoms with Crippen molar-refractivity contribution >= 4 is 17.9 Å². The van der Waals surface area contributed by atoms with Crippen molar-refractivity contribution in [2.45, 2.75) is 12.2 Å². The van der Waals surface area contributed by atoms with Crippen LogP contribution in [0.2, 0.25) is 0 Å². The maximum absolute atomic E-state index is 11.9. The predicted octanol–water partition coefficient (Wildman–Crippen LogP) is 0.496. The number of ether oxygens (including phenoxy) is 4. The first-order valence-corrected chi connectivity index (χ1v) is 6.99. The van der Waals surface area contributed by atoms with Gasteiger partial charge in [-0.1, -0.05) is 0 Å². The third-order valence-corrected chi connectivity index (χ3v) is 3.31. The van der Waals surface area contributed by atoms with Gasteiger partial charge in [0, 0.05) is 0 Å². The Hall–Kier alpha value is -2.45. The highest BCUT2D eigenvalue weighted by molar-refractivity contribution is 6.04. The lowest BCUT2D eigenvalue weighted by Crippen LogP contribution is -2.16. The summed E-state index contributed by atoms with van der Waals surface area (Å²) in [5.41, 5.74) is -0.394. The van der Waals surface area contributed by atoms with Crippen LogP contribution in [-0.2, 0) is 18.9 Å². The van der Waals surface area contributed by atoms with Crippen molar-refractivity contribution in [2.75, 3.05) is 26.4 Å². The molecule has 1 aromatic rings. The van der Waals surface area contributed by atoms with Crippen molar-refractivity contribution in [1.82, 2.24) is 0 Å². The van der Waals surface area contributed by atoms with Gasteiger partial charge in [0.15, 0.2) is 0 Å². The first-order valence-electron chi connectivity index (χ1n) is 6.99. The zero-order chi connectivity index (χ0) is 16.4. The molecule has 2 aliphatic heterocycles. The Morgan fingerprint density at radius 1 is 1.00 bits per heavy atom. The molecule has 8 heteroatoms. The summed E-state index contributed by atoms with van der Waals surface area (Å²) in [5.74, 6) is -2.78. The zero-order valence-electron chi connectivity index (χ0n) is 12.0. The standard InChI is InChI=1S/C15H14O8/c16-13(17)12-3-8(14(18)22-6-9-4-20-9)1-2-11(12)15(19)23-7-10-5-21-10/h1-3,9-10H,4-7H2,(H,16,17). The first kappa shape index (κ1) is 15.4. The maximum Gasteiger partial charge on any atom is 0.339 e. The molecule has 0 aromatic heterocycles. The Morgan fingerprint density at radius 3 is 2.09 bits per heavy atom. The minimum absolute atomic E-state index is 0.0464. The molecule has 0 saturated carbocycles. The highest BCUT2D eigenvalue weighted by atomic mass is 16.6. The van der Waals surface area contributed by atoms with Gasteiger partial charge in [0.05, 0.1) is 29.9 Å². The van der Waals surface area contributed by atoms with E-state index in [1.54, 1.807) is 0 Å². The van der Waals surface area contributed by atoms with E-state index >= 15 is 0 Å². The van der Waals surface area contributed by atoms with Crippen LogP contribution in [0, 0.1) is 0 Å². The molecular weight excluding hydrogens is 308 g/mol. The number of carbonyl (C=O) groups excluding carboxylic acids is 2. The average Bonchev–Trinajstić information content (AvgIpc) is 3.44. The van der Waals surface area contributed by atoms with Gasteiger partial charge >= 0.3 is 17.9 Å². The van der Waals surface area contributed by atoms with E-state index in [-0.39, 0.29) is 42.1 Å². The maximum atomic E-state index is 11.9. The van der Waals surface area contributed by atoms with Gasteiger partial charge in [-0.05, 0) is 18.2 Å². The molecule has 2 saturated heterocycles. The number of carboxylic acids is 1. The Kier molecular flexibility index (Phi) is 4.26. The summed E-state index contributed by atoms with van der Waals surface area (Å²) in [6.07, 6.45) is -0.206. The van der Waals surface area contributed by atoms with E-state index in [0.29, 0.717) is 13.2 Å². The molecule has 2 fully saturated rings. The summed E-state index contributed by atoms with van der Waals surface area (Å²) in [6, 6.07) is 3.67. The zero-order valence-corrected chi connectivity index (χ0v) is 12.0. The van der Waals surface area contributed by atoms with Gasteiger partial charge < -0.3 is 24.1 Å². The number of carbonyl (C=O) groups is 3. The van der Waals surface area contributed by atoms with Gasteiger partial charge in [-0.2, -0.15) is 0 Å². The number of hydrogen-bond donors (Lipinski definition) is 1. The van der Waals surface area contributed by atoms with Gasteiger partial charge in [-0.15, -0.1) is 0 Å². The van der Waals surface area contributed by atoms with Crippen LogP contribution in [-0.4, -0.2) is 61.6 Å². The van der Waals surface area contributed by atoms with Crippen molar-refractivity contribution < 1.29 is 38.4 Å². The van der Waals surface area contributed by atoms with Crippen molar-refractivity contribution in [3.63, 3.8) is 0 Å². The second kappa shape index (κ2) is 6.35. The van der Waals surface area contributed by atoms with Crippen LogP contribution in [0.25, 0.3) is 0 Å². The van der Waals surface area contributed by atoms with Gasteiger partial charge in [0.2, 0.25) is 0 Å². The molecule has 0 aliphatic carbocycles. The average molecular weight is 322 g/mol. The quantitative estimate of drug-likeness (QED) is 0.570. The number of aromatic carboxylic acids is 1. The predicted molar refractivity (Wildman–Crippen MR) is 73.4 cm³/mol. The SMILES string of the molecule is O=C(OCC1CO1)c1ccc(C(=O)OCC2CO2)c(C(=O)O)c1. The van der Waals surface area contributed by atoms with E-state index in [9.17, 15) is 19.5 Å². The normalized spacial score (nSPS) is 21.4.